The summed E-state index contributed by atoms with van der Waals surface area (Å²) in [7, 11) is 0. The van der Waals surface area contributed by atoms with Gasteiger partial charge in [0.2, 0.25) is 0 Å². The van der Waals surface area contributed by atoms with Crippen LogP contribution in [-0.4, -0.2) is 11.1 Å². The van der Waals surface area contributed by atoms with Crippen molar-refractivity contribution in [1.29, 1.82) is 0 Å². The molecule has 0 fully saturated rings. The van der Waals surface area contributed by atoms with Crippen LogP contribution in [0.3, 0.4) is 0 Å². The lowest BCUT2D eigenvalue weighted by Gasteiger charge is -2.00. The number of hydrogen-bond acceptors (Lipinski definition) is 4. The van der Waals surface area contributed by atoms with E-state index in [0.717, 1.165) is 5.69 Å². The van der Waals surface area contributed by atoms with Crippen molar-refractivity contribution in [1.82, 2.24) is 0 Å². The molecular weight excluding hydrogens is 266 g/mol. The van der Waals surface area contributed by atoms with Gasteiger partial charge in [-0.25, -0.2) is 0 Å². The van der Waals surface area contributed by atoms with Crippen LogP contribution in [0.1, 0.15) is 5.56 Å². The second kappa shape index (κ2) is 5.97. The first-order valence-electron chi connectivity index (χ1n) is 5.44. The molecule has 0 radical (unpaired) electrons. The highest BCUT2D eigenvalue weighted by molar-refractivity contribution is 6.30. The normalized spacial score (nSPS) is 10.6. The number of hydrazone groups is 1. The van der Waals surface area contributed by atoms with Crippen molar-refractivity contribution in [3.05, 3.63) is 69.2 Å². The molecule has 0 saturated heterocycles. The van der Waals surface area contributed by atoms with Crippen molar-refractivity contribution in [3.63, 3.8) is 0 Å². The van der Waals surface area contributed by atoms with Crippen LogP contribution in [0.4, 0.5) is 11.4 Å². The minimum absolute atomic E-state index is 0.0340. The first kappa shape index (κ1) is 13.0. The molecule has 0 heterocycles. The molecule has 0 spiro atoms. The summed E-state index contributed by atoms with van der Waals surface area (Å²) in [5.74, 6) is 0. The fraction of sp³-hybridized carbons (Fsp3) is 0. The van der Waals surface area contributed by atoms with Crippen LogP contribution in [0.15, 0.2) is 53.6 Å². The van der Waals surface area contributed by atoms with E-state index in [1.54, 1.807) is 30.3 Å². The summed E-state index contributed by atoms with van der Waals surface area (Å²) in [6.07, 6.45) is 1.51. The number of anilines is 1. The monoisotopic (exact) mass is 275 g/mol. The van der Waals surface area contributed by atoms with Gasteiger partial charge in [-0.15, -0.1) is 0 Å². The zero-order chi connectivity index (χ0) is 13.7. The number of non-ortho nitro benzene ring substituents is 1. The Morgan fingerprint density at radius 1 is 1.21 bits per heavy atom. The quantitative estimate of drug-likeness (QED) is 0.525. The Balaban J connectivity index is 2.07. The largest absolute Gasteiger partial charge is 0.278 e. The third-order valence-electron chi connectivity index (χ3n) is 2.31. The van der Waals surface area contributed by atoms with Gasteiger partial charge >= 0.3 is 0 Å². The molecule has 2 aromatic carbocycles. The lowest BCUT2D eigenvalue weighted by atomic mass is 10.2. The van der Waals surface area contributed by atoms with Crippen LogP contribution in [0.2, 0.25) is 5.02 Å². The molecule has 0 atom stereocenters. The minimum Gasteiger partial charge on any atom is -0.278 e. The molecule has 0 amide bonds. The Labute approximate surface area is 114 Å². The predicted molar refractivity (Wildman–Crippen MR) is 75.8 cm³/mol. The number of nitro groups is 1. The van der Waals surface area contributed by atoms with Crippen molar-refractivity contribution >= 4 is 29.2 Å². The average Bonchev–Trinajstić information content (AvgIpc) is 2.39. The number of nitrogens with zero attached hydrogens (tertiary/aromatic N) is 2. The van der Waals surface area contributed by atoms with E-state index < -0.39 is 4.92 Å². The Bertz CT molecular complexity index is 629. The number of hydrogen-bond donors (Lipinski definition) is 1. The van der Waals surface area contributed by atoms with E-state index in [1.807, 2.05) is 6.07 Å². The van der Waals surface area contributed by atoms with Crippen molar-refractivity contribution < 1.29 is 4.92 Å². The first-order chi connectivity index (χ1) is 9.15. The molecular formula is C13H10ClN3O2. The van der Waals surface area contributed by atoms with Crippen LogP contribution < -0.4 is 5.43 Å². The highest BCUT2D eigenvalue weighted by Gasteiger charge is 2.03. The average molecular weight is 276 g/mol. The Morgan fingerprint density at radius 3 is 2.74 bits per heavy atom. The van der Waals surface area contributed by atoms with Crippen molar-refractivity contribution in [2.45, 2.75) is 0 Å². The molecule has 0 aliphatic rings. The summed E-state index contributed by atoms with van der Waals surface area (Å²) in [6.45, 7) is 0. The van der Waals surface area contributed by atoms with Crippen molar-refractivity contribution in [2.75, 3.05) is 5.43 Å². The molecule has 1 N–H and O–H groups in total. The highest BCUT2D eigenvalue weighted by Crippen LogP contribution is 2.15. The van der Waals surface area contributed by atoms with Crippen LogP contribution in [-0.2, 0) is 0 Å². The summed E-state index contributed by atoms with van der Waals surface area (Å²) in [5.41, 5.74) is 4.22. The van der Waals surface area contributed by atoms with Crippen LogP contribution in [0.25, 0.3) is 0 Å². The fourth-order valence-electron chi connectivity index (χ4n) is 1.46. The maximum Gasteiger partial charge on any atom is 0.270 e. The summed E-state index contributed by atoms with van der Waals surface area (Å²) in [4.78, 5) is 10.2. The van der Waals surface area contributed by atoms with E-state index >= 15 is 0 Å². The number of nitro benzene ring substituents is 1. The zero-order valence-corrected chi connectivity index (χ0v) is 10.5. The van der Waals surface area contributed by atoms with Crippen LogP contribution in [0.5, 0.6) is 0 Å². The SMILES string of the molecule is O=[N+]([O-])c1cccc(/C=N/Nc2cccc(Cl)c2)c1. The molecule has 2 rings (SSSR count). The number of rotatable bonds is 4. The molecule has 0 aromatic heterocycles. The first-order valence-corrected chi connectivity index (χ1v) is 5.82. The third kappa shape index (κ3) is 3.79. The number of benzene rings is 2. The maximum atomic E-state index is 10.6. The van der Waals surface area contributed by atoms with Gasteiger partial charge in [-0.1, -0.05) is 29.8 Å². The highest BCUT2D eigenvalue weighted by atomic mass is 35.5. The van der Waals surface area contributed by atoms with Gasteiger partial charge in [0.05, 0.1) is 16.8 Å². The molecule has 6 heteroatoms. The van der Waals surface area contributed by atoms with Crippen molar-refractivity contribution in [2.24, 2.45) is 5.10 Å². The van der Waals surface area contributed by atoms with E-state index in [1.165, 1.54) is 18.3 Å². The van der Waals surface area contributed by atoms with Crippen LogP contribution in [0, 0.1) is 10.1 Å². The predicted octanol–water partition coefficient (Wildman–Crippen LogP) is 3.69. The van der Waals surface area contributed by atoms with Gasteiger partial charge in [0, 0.05) is 22.7 Å². The molecule has 0 bridgehead atoms. The molecule has 5 nitrogen and oxygen atoms in total. The lowest BCUT2D eigenvalue weighted by Crippen LogP contribution is -1.92. The smallest absolute Gasteiger partial charge is 0.270 e. The third-order valence-corrected chi connectivity index (χ3v) is 2.55. The standard InChI is InChI=1S/C13H10ClN3O2/c14-11-4-2-5-12(8-11)16-15-9-10-3-1-6-13(7-10)17(18)19/h1-9,16H/b15-9+. The fourth-order valence-corrected chi connectivity index (χ4v) is 1.65. The molecule has 0 aliphatic heterocycles. The molecule has 96 valence electrons. The summed E-state index contributed by atoms with van der Waals surface area (Å²) in [5, 5.41) is 15.2. The number of nitrogens with one attached hydrogen (secondary N) is 1. The van der Waals surface area contributed by atoms with Gasteiger partial charge in [0.1, 0.15) is 0 Å². The Kier molecular flexibility index (Phi) is 4.10. The Hall–Kier alpha value is -2.40. The van der Waals surface area contributed by atoms with Gasteiger partial charge in [-0.05, 0) is 18.2 Å². The Morgan fingerprint density at radius 2 is 2.00 bits per heavy atom. The molecule has 0 unspecified atom stereocenters. The minimum atomic E-state index is -0.443. The van der Waals surface area contributed by atoms with Gasteiger partial charge in [-0.3, -0.25) is 15.5 Å². The van der Waals surface area contributed by atoms with E-state index in [9.17, 15) is 10.1 Å². The summed E-state index contributed by atoms with van der Waals surface area (Å²) >= 11 is 5.83. The van der Waals surface area contributed by atoms with Crippen molar-refractivity contribution in [3.8, 4) is 0 Å². The van der Waals surface area contributed by atoms with E-state index in [-0.39, 0.29) is 5.69 Å². The van der Waals surface area contributed by atoms with Crippen LogP contribution >= 0.6 is 11.6 Å². The molecule has 0 saturated carbocycles. The van der Waals surface area contributed by atoms with E-state index in [2.05, 4.69) is 10.5 Å². The zero-order valence-electron chi connectivity index (χ0n) is 9.79. The second-order valence-electron chi connectivity index (χ2n) is 3.73. The van der Waals surface area contributed by atoms with Gasteiger partial charge in [0.15, 0.2) is 0 Å². The van der Waals surface area contributed by atoms with E-state index in [4.69, 9.17) is 11.6 Å². The maximum absolute atomic E-state index is 10.6. The van der Waals surface area contributed by atoms with E-state index in [0.29, 0.717) is 10.6 Å². The topological polar surface area (TPSA) is 67.5 Å². The summed E-state index contributed by atoms with van der Waals surface area (Å²) < 4.78 is 0. The summed E-state index contributed by atoms with van der Waals surface area (Å²) in [6, 6.07) is 13.3. The van der Waals surface area contributed by atoms with Gasteiger partial charge < -0.3 is 0 Å². The lowest BCUT2D eigenvalue weighted by molar-refractivity contribution is -0.384. The molecule has 0 aliphatic carbocycles. The second-order valence-corrected chi connectivity index (χ2v) is 4.17. The van der Waals surface area contributed by atoms with Gasteiger partial charge in [-0.2, -0.15) is 5.10 Å². The molecule has 2 aromatic rings. The molecule has 19 heavy (non-hydrogen) atoms. The van der Waals surface area contributed by atoms with Gasteiger partial charge in [0.25, 0.3) is 5.69 Å². The number of halogens is 1.